The molecule has 2 heterocycles. The number of aromatic nitrogens is 4. The van der Waals surface area contributed by atoms with Crippen LogP contribution in [0.1, 0.15) is 0 Å². The van der Waals surface area contributed by atoms with Gasteiger partial charge in [0.1, 0.15) is 0 Å². The summed E-state index contributed by atoms with van der Waals surface area (Å²) >= 11 is 0. The first-order chi connectivity index (χ1) is 9.56. The van der Waals surface area contributed by atoms with Crippen molar-refractivity contribution in [1.29, 1.82) is 0 Å². The van der Waals surface area contributed by atoms with Crippen molar-refractivity contribution in [3.05, 3.63) is 36.9 Å². The number of hydrogen-bond acceptors (Lipinski definition) is 4. The maximum absolute atomic E-state index is 4.17. The molecular formula is C14H22N6. The van der Waals surface area contributed by atoms with Gasteiger partial charge in [-0.05, 0) is 0 Å². The fourth-order valence-electron chi connectivity index (χ4n) is 1.89. The molecule has 2 rings (SSSR count). The van der Waals surface area contributed by atoms with Gasteiger partial charge in [0, 0.05) is 53.7 Å². The smallest absolute Gasteiger partial charge is 0.0752 e. The molecule has 0 atom stereocenters. The van der Waals surface area contributed by atoms with Crippen molar-refractivity contribution in [2.75, 3.05) is 37.0 Å². The monoisotopic (exact) mass is 274 g/mol. The van der Waals surface area contributed by atoms with E-state index in [0.29, 0.717) is 0 Å². The van der Waals surface area contributed by atoms with E-state index in [2.05, 4.69) is 46.2 Å². The van der Waals surface area contributed by atoms with E-state index >= 15 is 0 Å². The van der Waals surface area contributed by atoms with Crippen LogP contribution in [0.4, 0.5) is 11.4 Å². The van der Waals surface area contributed by atoms with Gasteiger partial charge in [-0.25, -0.2) is 0 Å². The molecule has 0 bridgehead atoms. The number of rotatable bonds is 6. The number of likely N-dealkylation sites (N-methyl/N-ethyl adjacent to an activating group) is 2. The van der Waals surface area contributed by atoms with Crippen LogP contribution in [-0.4, -0.2) is 46.7 Å². The van der Waals surface area contributed by atoms with Crippen LogP contribution in [-0.2, 0) is 14.1 Å². The van der Waals surface area contributed by atoms with Crippen molar-refractivity contribution in [1.82, 2.24) is 19.6 Å². The SMILES string of the molecule is CN(C/C=C/CN(C)c1cnn(C)c1)c1cnn(C)c1. The third kappa shape index (κ3) is 3.63. The number of anilines is 2. The molecule has 0 aliphatic heterocycles. The first-order valence-electron chi connectivity index (χ1n) is 6.61. The lowest BCUT2D eigenvalue weighted by Gasteiger charge is -2.16. The first kappa shape index (κ1) is 14.2. The summed E-state index contributed by atoms with van der Waals surface area (Å²) in [5.74, 6) is 0. The van der Waals surface area contributed by atoms with Crippen molar-refractivity contribution < 1.29 is 0 Å². The van der Waals surface area contributed by atoms with Crippen LogP contribution in [0.15, 0.2) is 36.9 Å². The Balaban J connectivity index is 1.79. The molecule has 20 heavy (non-hydrogen) atoms. The van der Waals surface area contributed by atoms with Gasteiger partial charge in [0.25, 0.3) is 0 Å². The second-order valence-corrected chi connectivity index (χ2v) is 4.98. The molecule has 2 aromatic heterocycles. The fraction of sp³-hybridized carbons (Fsp3) is 0.429. The molecule has 0 aliphatic rings. The van der Waals surface area contributed by atoms with Crippen molar-refractivity contribution in [2.24, 2.45) is 14.1 Å². The first-order valence-corrected chi connectivity index (χ1v) is 6.61. The summed E-state index contributed by atoms with van der Waals surface area (Å²) in [7, 11) is 7.98. The molecule has 6 heteroatoms. The van der Waals surface area contributed by atoms with E-state index in [4.69, 9.17) is 0 Å². The van der Waals surface area contributed by atoms with Gasteiger partial charge in [0.15, 0.2) is 0 Å². The minimum atomic E-state index is 0.868. The van der Waals surface area contributed by atoms with Gasteiger partial charge < -0.3 is 9.80 Å². The molecule has 0 aromatic carbocycles. The van der Waals surface area contributed by atoms with E-state index in [9.17, 15) is 0 Å². The molecule has 2 aromatic rings. The summed E-state index contributed by atoms with van der Waals surface area (Å²) in [5, 5.41) is 8.34. The highest BCUT2D eigenvalue weighted by Crippen LogP contribution is 2.10. The van der Waals surface area contributed by atoms with Gasteiger partial charge in [-0.3, -0.25) is 9.36 Å². The van der Waals surface area contributed by atoms with Gasteiger partial charge in [0.05, 0.1) is 23.8 Å². The second kappa shape index (κ2) is 6.27. The lowest BCUT2D eigenvalue weighted by Crippen LogP contribution is -2.18. The Morgan fingerprint density at radius 1 is 0.900 bits per heavy atom. The third-order valence-electron chi connectivity index (χ3n) is 3.19. The van der Waals surface area contributed by atoms with E-state index in [1.165, 1.54) is 0 Å². The van der Waals surface area contributed by atoms with E-state index < -0.39 is 0 Å². The lowest BCUT2D eigenvalue weighted by atomic mass is 10.4. The summed E-state index contributed by atoms with van der Waals surface area (Å²) in [6.07, 6.45) is 12.1. The predicted octanol–water partition coefficient (Wildman–Crippen LogP) is 1.28. The van der Waals surface area contributed by atoms with Crippen LogP contribution in [0.5, 0.6) is 0 Å². The van der Waals surface area contributed by atoms with Gasteiger partial charge in [-0.2, -0.15) is 10.2 Å². The molecule has 0 saturated heterocycles. The molecule has 6 nitrogen and oxygen atoms in total. The number of nitrogens with zero attached hydrogens (tertiary/aromatic N) is 6. The highest BCUT2D eigenvalue weighted by atomic mass is 15.3. The minimum absolute atomic E-state index is 0.868. The van der Waals surface area contributed by atoms with Crippen molar-refractivity contribution >= 4 is 11.4 Å². The van der Waals surface area contributed by atoms with Crippen LogP contribution in [0.25, 0.3) is 0 Å². The van der Waals surface area contributed by atoms with Gasteiger partial charge in [-0.15, -0.1) is 0 Å². The van der Waals surface area contributed by atoms with Crippen molar-refractivity contribution in [3.63, 3.8) is 0 Å². The number of aryl methyl sites for hydroxylation is 2. The molecule has 0 N–H and O–H groups in total. The van der Waals surface area contributed by atoms with Crippen LogP contribution in [0.3, 0.4) is 0 Å². The second-order valence-electron chi connectivity index (χ2n) is 4.98. The highest BCUT2D eigenvalue weighted by molar-refractivity contribution is 5.43. The molecule has 0 unspecified atom stereocenters. The Hall–Kier alpha value is -2.24. The molecule has 0 spiro atoms. The quantitative estimate of drug-likeness (QED) is 0.744. The standard InChI is InChI=1S/C14H22N6/c1-17(13-9-15-19(3)11-13)7-5-6-8-18(2)14-10-16-20(4)12-14/h5-6,9-12H,7-8H2,1-4H3/b6-5+. The Kier molecular flexibility index (Phi) is 4.45. The zero-order valence-electron chi connectivity index (χ0n) is 12.6. The molecule has 0 amide bonds. The minimum Gasteiger partial charge on any atom is -0.368 e. The Labute approximate surface area is 119 Å². The fourth-order valence-corrected chi connectivity index (χ4v) is 1.89. The van der Waals surface area contributed by atoms with Crippen molar-refractivity contribution in [3.8, 4) is 0 Å². The highest BCUT2D eigenvalue weighted by Gasteiger charge is 2.02. The molecule has 0 saturated carbocycles. The van der Waals surface area contributed by atoms with Crippen LogP contribution >= 0.6 is 0 Å². The average Bonchev–Trinajstić information content (AvgIpc) is 3.03. The van der Waals surface area contributed by atoms with E-state index in [1.807, 2.05) is 48.2 Å². The van der Waals surface area contributed by atoms with Crippen molar-refractivity contribution in [2.45, 2.75) is 0 Å². The van der Waals surface area contributed by atoms with E-state index in [-0.39, 0.29) is 0 Å². The molecular weight excluding hydrogens is 252 g/mol. The maximum Gasteiger partial charge on any atom is 0.0752 e. The Bertz CT molecular complexity index is 517. The predicted molar refractivity (Wildman–Crippen MR) is 82.1 cm³/mol. The molecule has 0 aliphatic carbocycles. The van der Waals surface area contributed by atoms with Crippen LogP contribution < -0.4 is 9.80 Å². The molecule has 108 valence electrons. The van der Waals surface area contributed by atoms with Crippen LogP contribution in [0, 0.1) is 0 Å². The van der Waals surface area contributed by atoms with Gasteiger partial charge >= 0.3 is 0 Å². The average molecular weight is 274 g/mol. The summed E-state index contributed by atoms with van der Waals surface area (Å²) in [6, 6.07) is 0. The zero-order chi connectivity index (χ0) is 14.5. The molecule has 0 radical (unpaired) electrons. The van der Waals surface area contributed by atoms with Gasteiger partial charge in [0.2, 0.25) is 0 Å². The van der Waals surface area contributed by atoms with E-state index in [0.717, 1.165) is 24.5 Å². The normalized spacial score (nSPS) is 11.2. The Morgan fingerprint density at radius 3 is 1.60 bits per heavy atom. The van der Waals surface area contributed by atoms with E-state index in [1.54, 1.807) is 0 Å². The lowest BCUT2D eigenvalue weighted by molar-refractivity contribution is 0.767. The summed E-state index contributed by atoms with van der Waals surface area (Å²) in [6.45, 7) is 1.74. The van der Waals surface area contributed by atoms with Crippen LogP contribution in [0.2, 0.25) is 0 Å². The summed E-state index contributed by atoms with van der Waals surface area (Å²) in [5.41, 5.74) is 2.25. The van der Waals surface area contributed by atoms with Gasteiger partial charge in [-0.1, -0.05) is 12.2 Å². The summed E-state index contributed by atoms with van der Waals surface area (Å²) < 4.78 is 3.62. The maximum atomic E-state index is 4.17. The Morgan fingerprint density at radius 2 is 1.30 bits per heavy atom. The molecule has 0 fully saturated rings. The topological polar surface area (TPSA) is 42.1 Å². The zero-order valence-corrected chi connectivity index (χ0v) is 12.6. The third-order valence-corrected chi connectivity index (χ3v) is 3.19. The largest absolute Gasteiger partial charge is 0.368 e. The number of hydrogen-bond donors (Lipinski definition) is 0. The summed E-state index contributed by atoms with van der Waals surface area (Å²) in [4.78, 5) is 4.32.